The molecule has 114 valence electrons. The van der Waals surface area contributed by atoms with Crippen molar-refractivity contribution in [2.24, 2.45) is 0 Å². The molecule has 1 aliphatic rings. The number of benzene rings is 1. The first-order valence-corrected chi connectivity index (χ1v) is 7.37. The van der Waals surface area contributed by atoms with Crippen LogP contribution >= 0.6 is 11.6 Å². The highest BCUT2D eigenvalue weighted by atomic mass is 35.5. The van der Waals surface area contributed by atoms with E-state index in [0.717, 1.165) is 32.2 Å². The molecule has 0 radical (unpaired) electrons. The number of halogens is 1. The zero-order valence-corrected chi connectivity index (χ0v) is 12.6. The van der Waals surface area contributed by atoms with Gasteiger partial charge in [0.2, 0.25) is 5.91 Å². The molecule has 1 fully saturated rings. The van der Waals surface area contributed by atoms with Crippen molar-refractivity contribution in [2.75, 3.05) is 11.9 Å². The molecule has 1 aliphatic heterocycles. The van der Waals surface area contributed by atoms with Crippen LogP contribution in [0.3, 0.4) is 0 Å². The summed E-state index contributed by atoms with van der Waals surface area (Å²) >= 11 is 5.77. The van der Waals surface area contributed by atoms with Gasteiger partial charge in [-0.25, -0.2) is 0 Å². The van der Waals surface area contributed by atoms with Crippen molar-refractivity contribution in [2.45, 2.75) is 38.1 Å². The van der Waals surface area contributed by atoms with Crippen LogP contribution in [0.4, 0.5) is 11.4 Å². The minimum Gasteiger partial charge on any atom is -0.324 e. The molecular weight excluding hydrogens is 294 g/mol. The van der Waals surface area contributed by atoms with Crippen LogP contribution in [0.2, 0.25) is 5.02 Å². The van der Waals surface area contributed by atoms with E-state index in [0.29, 0.717) is 5.69 Å². The molecule has 1 amide bonds. The number of anilines is 1. The monoisotopic (exact) mass is 311 g/mol. The van der Waals surface area contributed by atoms with Crippen molar-refractivity contribution in [1.82, 2.24) is 5.32 Å². The first-order chi connectivity index (χ1) is 9.98. The molecule has 0 aromatic heterocycles. The summed E-state index contributed by atoms with van der Waals surface area (Å²) in [5.74, 6) is -0.140. The zero-order valence-electron chi connectivity index (χ0n) is 11.8. The van der Waals surface area contributed by atoms with E-state index >= 15 is 0 Å². The zero-order chi connectivity index (χ0) is 15.5. The quantitative estimate of drug-likeness (QED) is 0.646. The van der Waals surface area contributed by atoms with Gasteiger partial charge in [0.25, 0.3) is 5.69 Å². The van der Waals surface area contributed by atoms with Gasteiger partial charge in [-0.3, -0.25) is 14.9 Å². The van der Waals surface area contributed by atoms with Crippen LogP contribution in [0, 0.1) is 10.1 Å². The summed E-state index contributed by atoms with van der Waals surface area (Å²) in [6, 6.07) is 4.28. The minimum atomic E-state index is -0.566. The van der Waals surface area contributed by atoms with Gasteiger partial charge in [-0.05, 0) is 37.9 Å². The summed E-state index contributed by atoms with van der Waals surface area (Å²) in [6.07, 6.45) is 3.37. The summed E-state index contributed by atoms with van der Waals surface area (Å²) in [4.78, 5) is 22.8. The summed E-state index contributed by atoms with van der Waals surface area (Å²) in [5.41, 5.74) is -0.387. The predicted octanol–water partition coefficient (Wildman–Crippen LogP) is 3.11. The van der Waals surface area contributed by atoms with Crippen LogP contribution in [0.1, 0.15) is 32.6 Å². The number of amides is 1. The van der Waals surface area contributed by atoms with Gasteiger partial charge in [-0.1, -0.05) is 24.9 Å². The number of rotatable bonds is 5. The van der Waals surface area contributed by atoms with Gasteiger partial charge in [0.1, 0.15) is 5.02 Å². The number of nitro groups is 1. The van der Waals surface area contributed by atoms with Gasteiger partial charge < -0.3 is 10.6 Å². The molecule has 1 aromatic carbocycles. The van der Waals surface area contributed by atoms with Crippen molar-refractivity contribution in [3.8, 4) is 0 Å². The van der Waals surface area contributed by atoms with Gasteiger partial charge in [0.15, 0.2) is 0 Å². The Hall–Kier alpha value is -1.66. The molecule has 6 nitrogen and oxygen atoms in total. The van der Waals surface area contributed by atoms with Crippen LogP contribution in [0.15, 0.2) is 18.2 Å². The lowest BCUT2D eigenvalue weighted by Crippen LogP contribution is -2.50. The topological polar surface area (TPSA) is 84.3 Å². The highest BCUT2D eigenvalue weighted by Crippen LogP contribution is 2.30. The summed E-state index contributed by atoms with van der Waals surface area (Å²) in [6.45, 7) is 2.84. The molecule has 1 atom stereocenters. The highest BCUT2D eigenvalue weighted by molar-refractivity contribution is 6.32. The molecule has 1 unspecified atom stereocenters. The van der Waals surface area contributed by atoms with Crippen molar-refractivity contribution in [3.63, 3.8) is 0 Å². The Balaban J connectivity index is 2.19. The number of nitrogens with zero attached hydrogens (tertiary/aromatic N) is 1. The van der Waals surface area contributed by atoms with E-state index < -0.39 is 10.5 Å². The first kappa shape index (κ1) is 15.7. The first-order valence-electron chi connectivity index (χ1n) is 6.99. The molecule has 0 bridgehead atoms. The molecule has 2 N–H and O–H groups in total. The maximum absolute atomic E-state index is 12.5. The van der Waals surface area contributed by atoms with Crippen molar-refractivity contribution < 1.29 is 9.72 Å². The van der Waals surface area contributed by atoms with Crippen LogP contribution in [-0.2, 0) is 4.79 Å². The fourth-order valence-corrected chi connectivity index (χ4v) is 2.92. The second-order valence-corrected chi connectivity index (χ2v) is 5.65. The summed E-state index contributed by atoms with van der Waals surface area (Å²) in [7, 11) is 0. The van der Waals surface area contributed by atoms with Gasteiger partial charge in [-0.2, -0.15) is 0 Å². The average Bonchev–Trinajstić information content (AvgIpc) is 2.91. The van der Waals surface area contributed by atoms with Crippen molar-refractivity contribution >= 4 is 28.9 Å². The predicted molar refractivity (Wildman–Crippen MR) is 81.6 cm³/mol. The number of hydrogen-bond donors (Lipinski definition) is 2. The molecule has 1 saturated heterocycles. The highest BCUT2D eigenvalue weighted by Gasteiger charge is 2.39. The molecule has 1 aromatic rings. The third-order valence-corrected chi connectivity index (χ3v) is 4.08. The Bertz CT molecular complexity index is 556. The van der Waals surface area contributed by atoms with E-state index in [9.17, 15) is 14.9 Å². The van der Waals surface area contributed by atoms with E-state index in [4.69, 9.17) is 11.6 Å². The maximum Gasteiger partial charge on any atom is 0.289 e. The lowest BCUT2D eigenvalue weighted by molar-refractivity contribution is -0.384. The number of hydrogen-bond acceptors (Lipinski definition) is 4. The summed E-state index contributed by atoms with van der Waals surface area (Å²) in [5, 5.41) is 17.0. The van der Waals surface area contributed by atoms with E-state index in [1.165, 1.54) is 12.1 Å². The lowest BCUT2D eigenvalue weighted by Gasteiger charge is -2.27. The molecule has 2 rings (SSSR count). The van der Waals surface area contributed by atoms with Gasteiger partial charge in [0, 0.05) is 11.8 Å². The SMILES string of the molecule is CCCC1(C(=O)Nc2ccc(Cl)c([N+](=O)[O-])c2)CCCN1. The Kier molecular flexibility index (Phi) is 4.80. The number of nitro benzene ring substituents is 1. The number of carbonyl (C=O) groups is 1. The molecule has 0 spiro atoms. The third-order valence-electron chi connectivity index (χ3n) is 3.76. The molecule has 21 heavy (non-hydrogen) atoms. The smallest absolute Gasteiger partial charge is 0.289 e. The molecule has 0 saturated carbocycles. The minimum absolute atomic E-state index is 0.0558. The van der Waals surface area contributed by atoms with Crippen LogP contribution in [0.5, 0.6) is 0 Å². The number of nitrogens with one attached hydrogen (secondary N) is 2. The molecular formula is C14H18ClN3O3. The standard InChI is InChI=1S/C14H18ClN3O3/c1-2-6-14(7-3-8-16-14)13(19)17-10-4-5-11(15)12(9-10)18(20)21/h4-5,9,16H,2-3,6-8H2,1H3,(H,17,19). The molecule has 0 aliphatic carbocycles. The Morgan fingerprint density at radius 2 is 2.33 bits per heavy atom. The number of carbonyl (C=O) groups excluding carboxylic acids is 1. The van der Waals surface area contributed by atoms with E-state index in [1.807, 2.05) is 6.92 Å². The van der Waals surface area contributed by atoms with Gasteiger partial charge in [0.05, 0.1) is 10.5 Å². The largest absolute Gasteiger partial charge is 0.324 e. The van der Waals surface area contributed by atoms with Crippen LogP contribution < -0.4 is 10.6 Å². The van der Waals surface area contributed by atoms with Crippen molar-refractivity contribution in [1.29, 1.82) is 0 Å². The van der Waals surface area contributed by atoms with E-state index in [-0.39, 0.29) is 16.6 Å². The second kappa shape index (κ2) is 6.41. The molecule has 1 heterocycles. The van der Waals surface area contributed by atoms with Crippen molar-refractivity contribution in [3.05, 3.63) is 33.3 Å². The Labute approximate surface area is 128 Å². The maximum atomic E-state index is 12.5. The lowest BCUT2D eigenvalue weighted by atomic mass is 9.91. The third kappa shape index (κ3) is 3.33. The fourth-order valence-electron chi connectivity index (χ4n) is 2.73. The molecule has 7 heteroatoms. The van der Waals surface area contributed by atoms with Crippen LogP contribution in [0.25, 0.3) is 0 Å². The average molecular weight is 312 g/mol. The van der Waals surface area contributed by atoms with E-state index in [2.05, 4.69) is 10.6 Å². The van der Waals surface area contributed by atoms with Crippen LogP contribution in [-0.4, -0.2) is 22.9 Å². The normalized spacial score (nSPS) is 21.2. The van der Waals surface area contributed by atoms with Gasteiger partial charge >= 0.3 is 0 Å². The van der Waals surface area contributed by atoms with E-state index in [1.54, 1.807) is 6.07 Å². The fraction of sp³-hybridized carbons (Fsp3) is 0.500. The second-order valence-electron chi connectivity index (χ2n) is 5.24. The summed E-state index contributed by atoms with van der Waals surface area (Å²) < 4.78 is 0. The Morgan fingerprint density at radius 1 is 1.57 bits per heavy atom. The Morgan fingerprint density at radius 3 is 2.90 bits per heavy atom. The van der Waals surface area contributed by atoms with Gasteiger partial charge in [-0.15, -0.1) is 0 Å².